The average molecular weight is 522 g/mol. The third-order valence-corrected chi connectivity index (χ3v) is 7.91. The summed E-state index contributed by atoms with van der Waals surface area (Å²) in [7, 11) is 3.08. The molecule has 0 bridgehead atoms. The predicted molar refractivity (Wildman–Crippen MR) is 147 cm³/mol. The maximum Gasteiger partial charge on any atom is 0.257 e. The SMILES string of the molecule is CCCC[C@H]1CCc2nc(NC(=O)c3cccc([C@@H](C)NC(=O)c4ccc(OC)c(OC)c4)c3)sc2C1. The number of benzene rings is 2. The van der Waals surface area contributed by atoms with Gasteiger partial charge in [0, 0.05) is 16.0 Å². The number of nitrogens with one attached hydrogen (secondary N) is 2. The first-order chi connectivity index (χ1) is 17.9. The summed E-state index contributed by atoms with van der Waals surface area (Å²) in [6.07, 6.45) is 7.00. The van der Waals surface area contributed by atoms with Gasteiger partial charge in [0.15, 0.2) is 16.6 Å². The van der Waals surface area contributed by atoms with Crippen LogP contribution in [0.15, 0.2) is 42.5 Å². The van der Waals surface area contributed by atoms with E-state index in [1.807, 2.05) is 25.1 Å². The molecule has 1 aliphatic rings. The molecule has 1 heterocycles. The lowest BCUT2D eigenvalue weighted by molar-refractivity contribution is 0.0939. The number of aromatic nitrogens is 1. The second kappa shape index (κ2) is 12.2. The lowest BCUT2D eigenvalue weighted by atomic mass is 9.87. The first-order valence-electron chi connectivity index (χ1n) is 12.8. The lowest BCUT2D eigenvalue weighted by Crippen LogP contribution is -2.27. The van der Waals surface area contributed by atoms with Crippen molar-refractivity contribution in [1.29, 1.82) is 0 Å². The molecule has 1 aromatic heterocycles. The largest absolute Gasteiger partial charge is 0.493 e. The average Bonchev–Trinajstić information content (AvgIpc) is 3.32. The van der Waals surface area contributed by atoms with Gasteiger partial charge in [0.05, 0.1) is 26.0 Å². The molecule has 4 rings (SSSR count). The fourth-order valence-electron chi connectivity index (χ4n) is 4.70. The van der Waals surface area contributed by atoms with Crippen LogP contribution in [0.3, 0.4) is 0 Å². The number of thiazole rings is 1. The minimum atomic E-state index is -0.305. The van der Waals surface area contributed by atoms with E-state index in [2.05, 4.69) is 17.6 Å². The van der Waals surface area contributed by atoms with Crippen LogP contribution in [0.2, 0.25) is 0 Å². The normalized spacial score (nSPS) is 15.4. The molecule has 0 saturated heterocycles. The fourth-order valence-corrected chi connectivity index (χ4v) is 5.81. The van der Waals surface area contributed by atoms with Crippen LogP contribution in [0, 0.1) is 5.92 Å². The maximum atomic E-state index is 13.0. The van der Waals surface area contributed by atoms with E-state index < -0.39 is 0 Å². The van der Waals surface area contributed by atoms with Crippen LogP contribution < -0.4 is 20.1 Å². The van der Waals surface area contributed by atoms with Crippen molar-refractivity contribution in [2.24, 2.45) is 5.92 Å². The molecule has 7 nitrogen and oxygen atoms in total. The number of unbranched alkanes of at least 4 members (excludes halogenated alkanes) is 1. The highest BCUT2D eigenvalue weighted by Gasteiger charge is 2.23. The van der Waals surface area contributed by atoms with Gasteiger partial charge in [0.2, 0.25) is 0 Å². The Kier molecular flexibility index (Phi) is 8.82. The maximum absolute atomic E-state index is 13.0. The molecule has 0 unspecified atom stereocenters. The van der Waals surface area contributed by atoms with Crippen molar-refractivity contribution in [2.75, 3.05) is 19.5 Å². The van der Waals surface area contributed by atoms with Gasteiger partial charge in [-0.15, -0.1) is 11.3 Å². The van der Waals surface area contributed by atoms with Gasteiger partial charge in [0.25, 0.3) is 11.8 Å². The molecule has 0 spiro atoms. The number of ether oxygens (including phenoxy) is 2. The lowest BCUT2D eigenvalue weighted by Gasteiger charge is -2.20. The van der Waals surface area contributed by atoms with Crippen molar-refractivity contribution < 1.29 is 19.1 Å². The Labute approximate surface area is 222 Å². The van der Waals surface area contributed by atoms with Crippen LogP contribution in [0.5, 0.6) is 11.5 Å². The molecule has 2 atom stereocenters. The number of methoxy groups -OCH3 is 2. The van der Waals surface area contributed by atoms with Crippen molar-refractivity contribution in [3.8, 4) is 11.5 Å². The Morgan fingerprint density at radius 3 is 2.62 bits per heavy atom. The van der Waals surface area contributed by atoms with Crippen molar-refractivity contribution in [1.82, 2.24) is 10.3 Å². The highest BCUT2D eigenvalue weighted by atomic mass is 32.1. The second-order valence-corrected chi connectivity index (χ2v) is 10.6. The number of anilines is 1. The number of hydrogen-bond donors (Lipinski definition) is 2. The van der Waals surface area contributed by atoms with E-state index in [4.69, 9.17) is 14.5 Å². The molecule has 0 fully saturated rings. The second-order valence-electron chi connectivity index (χ2n) is 9.48. The highest BCUT2D eigenvalue weighted by molar-refractivity contribution is 7.15. The Hall–Kier alpha value is -3.39. The van der Waals surface area contributed by atoms with Crippen molar-refractivity contribution >= 4 is 28.3 Å². The molecule has 3 aromatic rings. The number of fused-ring (bicyclic) bond motifs is 1. The van der Waals surface area contributed by atoms with Gasteiger partial charge in [0.1, 0.15) is 0 Å². The van der Waals surface area contributed by atoms with Crippen LogP contribution in [0.25, 0.3) is 0 Å². The molecule has 2 N–H and O–H groups in total. The summed E-state index contributed by atoms with van der Waals surface area (Å²) in [4.78, 5) is 31.9. The van der Waals surface area contributed by atoms with Crippen LogP contribution in [0.4, 0.5) is 5.13 Å². The summed E-state index contributed by atoms with van der Waals surface area (Å²) in [5, 5.41) is 6.64. The molecule has 196 valence electrons. The number of carbonyl (C=O) groups is 2. The van der Waals surface area contributed by atoms with Gasteiger partial charge < -0.3 is 14.8 Å². The molecule has 1 aliphatic carbocycles. The predicted octanol–water partition coefficient (Wildman–Crippen LogP) is 6.20. The van der Waals surface area contributed by atoms with Crippen LogP contribution in [-0.4, -0.2) is 31.0 Å². The molecule has 0 radical (unpaired) electrons. The first kappa shape index (κ1) is 26.7. The standard InChI is InChI=1S/C29H35N3O4S/c1-5-6-8-19-11-13-23-26(15-19)37-29(31-23)32-28(34)21-10-7-9-20(16-21)18(2)30-27(33)22-12-14-24(35-3)25(17-22)36-4/h7,9-10,12,14,16-19H,5-6,8,11,13,15H2,1-4H3,(H,30,33)(H,31,32,34)/t18-,19+/m1/s1. The molecule has 2 amide bonds. The van der Waals surface area contributed by atoms with Crippen LogP contribution in [0.1, 0.15) is 82.4 Å². The van der Waals surface area contributed by atoms with Gasteiger partial charge in [-0.3, -0.25) is 14.9 Å². The third-order valence-electron chi connectivity index (χ3n) is 6.87. The smallest absolute Gasteiger partial charge is 0.257 e. The van der Waals surface area contributed by atoms with Gasteiger partial charge in [-0.2, -0.15) is 0 Å². The summed E-state index contributed by atoms with van der Waals surface area (Å²) in [6.45, 7) is 4.12. The first-order valence-corrected chi connectivity index (χ1v) is 13.7. The minimum absolute atomic E-state index is 0.200. The van der Waals surface area contributed by atoms with Gasteiger partial charge in [-0.05, 0) is 68.0 Å². The number of amides is 2. The highest BCUT2D eigenvalue weighted by Crippen LogP contribution is 2.34. The number of aryl methyl sites for hydroxylation is 1. The fraction of sp³-hybridized carbons (Fsp3) is 0.414. The zero-order valence-corrected chi connectivity index (χ0v) is 22.7. The summed E-state index contributed by atoms with van der Waals surface area (Å²) in [6, 6.07) is 12.0. The van der Waals surface area contributed by atoms with Gasteiger partial charge in [-0.1, -0.05) is 38.3 Å². The third kappa shape index (κ3) is 6.49. The quantitative estimate of drug-likeness (QED) is 0.332. The monoisotopic (exact) mass is 521 g/mol. The van der Waals surface area contributed by atoms with Crippen molar-refractivity contribution in [3.63, 3.8) is 0 Å². The van der Waals surface area contributed by atoms with E-state index in [1.54, 1.807) is 42.7 Å². The molecule has 37 heavy (non-hydrogen) atoms. The summed E-state index contributed by atoms with van der Waals surface area (Å²) in [5.74, 6) is 1.33. The van der Waals surface area contributed by atoms with Gasteiger partial charge in [-0.25, -0.2) is 4.98 Å². The number of carbonyl (C=O) groups excluding carboxylic acids is 2. The Morgan fingerprint density at radius 2 is 1.86 bits per heavy atom. The van der Waals surface area contributed by atoms with Crippen LogP contribution >= 0.6 is 11.3 Å². The van der Waals surface area contributed by atoms with Crippen molar-refractivity contribution in [3.05, 3.63) is 69.7 Å². The molecular weight excluding hydrogens is 486 g/mol. The van der Waals surface area contributed by atoms with Crippen molar-refractivity contribution in [2.45, 2.75) is 58.4 Å². The molecule has 0 aliphatic heterocycles. The van der Waals surface area contributed by atoms with Gasteiger partial charge >= 0.3 is 0 Å². The summed E-state index contributed by atoms with van der Waals surface area (Å²) in [5.41, 5.74) is 2.95. The zero-order chi connectivity index (χ0) is 26.4. The van der Waals surface area contributed by atoms with E-state index >= 15 is 0 Å². The Balaban J connectivity index is 1.40. The molecule has 8 heteroatoms. The Bertz CT molecular complexity index is 1260. The van der Waals surface area contributed by atoms with Crippen LogP contribution in [-0.2, 0) is 12.8 Å². The zero-order valence-electron chi connectivity index (χ0n) is 21.9. The minimum Gasteiger partial charge on any atom is -0.493 e. The van der Waals surface area contributed by atoms with E-state index in [1.165, 1.54) is 37.7 Å². The summed E-state index contributed by atoms with van der Waals surface area (Å²) >= 11 is 1.60. The van der Waals surface area contributed by atoms with E-state index in [-0.39, 0.29) is 17.9 Å². The number of rotatable bonds is 10. The van der Waals surface area contributed by atoms with E-state index in [9.17, 15) is 9.59 Å². The number of hydrogen-bond acceptors (Lipinski definition) is 6. The summed E-state index contributed by atoms with van der Waals surface area (Å²) < 4.78 is 10.5. The molecular formula is C29H35N3O4S. The topological polar surface area (TPSA) is 89.6 Å². The molecule has 2 aromatic carbocycles. The number of nitrogens with zero attached hydrogens (tertiary/aromatic N) is 1. The van der Waals surface area contributed by atoms with E-state index in [0.29, 0.717) is 27.8 Å². The Morgan fingerprint density at radius 1 is 1.08 bits per heavy atom. The molecule has 0 saturated carbocycles. The van der Waals surface area contributed by atoms with E-state index in [0.717, 1.165) is 30.0 Å².